The number of hydrogen-bond acceptors (Lipinski definition) is 0. The molecule has 0 aliphatic rings. The van der Waals surface area contributed by atoms with Crippen LogP contribution in [-0.2, 0) is 0 Å². The predicted octanol–water partition coefficient (Wildman–Crippen LogP) is 2.59. The average molecular weight is 97.2 g/mol. The highest BCUT2D eigenvalue weighted by atomic mass is 13.4. The summed E-state index contributed by atoms with van der Waals surface area (Å²) in [6, 6.07) is 0. The average Bonchev–Trinajstić information content (AvgIpc) is 1.69. The minimum absolute atomic E-state index is 1.75. The third-order valence-electron chi connectivity index (χ3n) is 0.236. The first-order chi connectivity index (χ1) is 3.33. The Balaban J connectivity index is 0. The van der Waals surface area contributed by atoms with E-state index in [2.05, 4.69) is 13.5 Å². The molecule has 0 bridgehead atoms. The minimum atomic E-state index is 1.75. The maximum Gasteiger partial charge on any atom is -0.0316 e. The van der Waals surface area contributed by atoms with Crippen molar-refractivity contribution >= 4 is 0 Å². The molecule has 0 heterocycles. The molecule has 7 heavy (non-hydrogen) atoms. The van der Waals surface area contributed by atoms with Crippen molar-refractivity contribution in [3.05, 3.63) is 31.7 Å². The molecule has 0 aromatic heterocycles. The van der Waals surface area contributed by atoms with Crippen LogP contribution in [0.3, 0.4) is 0 Å². The normalized spacial score (nSPS) is 7.29. The molecular weight excluding hydrogens is 84.1 g/mol. The first-order valence-corrected chi connectivity index (χ1v) is 2.30. The standard InChI is InChI=1S/C4H7.C3H6/c1-3-4-2;1-3-2/h3-4H,1H2,2H3;3H,1H2,2H3. The Bertz CT molecular complexity index is 38.0. The summed E-state index contributed by atoms with van der Waals surface area (Å²) in [5.74, 6) is 0. The zero-order valence-electron chi connectivity index (χ0n) is 5.15. The van der Waals surface area contributed by atoms with Gasteiger partial charge in [-0.15, -0.1) is 6.58 Å². The number of rotatable bonds is 0. The van der Waals surface area contributed by atoms with Crippen molar-refractivity contribution in [3.63, 3.8) is 0 Å². The lowest BCUT2D eigenvalue weighted by atomic mass is 10.6. The van der Waals surface area contributed by atoms with Gasteiger partial charge in [-0.05, 0) is 20.8 Å². The van der Waals surface area contributed by atoms with Gasteiger partial charge in [0.1, 0.15) is 0 Å². The summed E-state index contributed by atoms with van der Waals surface area (Å²) in [6.07, 6.45) is 5.39. The van der Waals surface area contributed by atoms with Crippen molar-refractivity contribution in [2.45, 2.75) is 13.8 Å². The van der Waals surface area contributed by atoms with Gasteiger partial charge in [0.05, 0.1) is 0 Å². The van der Waals surface area contributed by atoms with E-state index in [-0.39, 0.29) is 0 Å². The summed E-state index contributed by atoms with van der Waals surface area (Å²) in [7, 11) is 0. The molecule has 0 heteroatoms. The topological polar surface area (TPSA) is 0 Å². The molecule has 0 fully saturated rings. The van der Waals surface area contributed by atoms with Gasteiger partial charge in [0.15, 0.2) is 0 Å². The maximum atomic E-state index is 3.42. The van der Waals surface area contributed by atoms with Crippen LogP contribution in [0.15, 0.2) is 24.8 Å². The molecule has 0 nitrogen and oxygen atoms in total. The third kappa shape index (κ3) is 288. The van der Waals surface area contributed by atoms with Gasteiger partial charge in [0.2, 0.25) is 0 Å². The summed E-state index contributed by atoms with van der Waals surface area (Å²) >= 11 is 0. The van der Waals surface area contributed by atoms with Crippen LogP contribution in [0, 0.1) is 6.92 Å². The zero-order chi connectivity index (χ0) is 6.12. The minimum Gasteiger partial charge on any atom is -0.103 e. The van der Waals surface area contributed by atoms with E-state index in [0.717, 1.165) is 0 Å². The second kappa shape index (κ2) is 17.9. The third-order valence-corrected chi connectivity index (χ3v) is 0.236. The Morgan fingerprint density at radius 3 is 1.43 bits per heavy atom. The fourth-order valence-electron chi connectivity index (χ4n) is 0. The van der Waals surface area contributed by atoms with Crippen LogP contribution < -0.4 is 0 Å². The quantitative estimate of drug-likeness (QED) is 0.407. The van der Waals surface area contributed by atoms with E-state index in [1.807, 2.05) is 19.9 Å². The lowest BCUT2D eigenvalue weighted by molar-refractivity contribution is 1.74. The molecular formula is C7H13. The van der Waals surface area contributed by atoms with Crippen molar-refractivity contribution in [1.82, 2.24) is 0 Å². The van der Waals surface area contributed by atoms with Crippen LogP contribution in [-0.4, -0.2) is 0 Å². The molecule has 0 spiro atoms. The first-order valence-electron chi connectivity index (χ1n) is 2.30. The summed E-state index contributed by atoms with van der Waals surface area (Å²) < 4.78 is 0. The van der Waals surface area contributed by atoms with Crippen LogP contribution in [0.1, 0.15) is 13.8 Å². The van der Waals surface area contributed by atoms with Crippen LogP contribution in [0.25, 0.3) is 0 Å². The van der Waals surface area contributed by atoms with Crippen LogP contribution in [0.5, 0.6) is 0 Å². The largest absolute Gasteiger partial charge is 0.103 e. The summed E-state index contributed by atoms with van der Waals surface area (Å²) in [6.45, 7) is 10.6. The molecule has 0 aliphatic carbocycles. The number of hydrogen-bond donors (Lipinski definition) is 0. The van der Waals surface area contributed by atoms with Crippen molar-refractivity contribution in [3.8, 4) is 0 Å². The summed E-state index contributed by atoms with van der Waals surface area (Å²) in [5, 5.41) is 0. The SMILES string of the molecule is C=CC.[CH2]C=CC. The van der Waals surface area contributed by atoms with Crippen LogP contribution in [0.2, 0.25) is 0 Å². The fourth-order valence-corrected chi connectivity index (χ4v) is 0. The van der Waals surface area contributed by atoms with Gasteiger partial charge in [-0.2, -0.15) is 0 Å². The number of allylic oxidation sites excluding steroid dienone is 3. The van der Waals surface area contributed by atoms with E-state index in [9.17, 15) is 0 Å². The Morgan fingerprint density at radius 1 is 1.29 bits per heavy atom. The highest BCUT2D eigenvalue weighted by Gasteiger charge is 1.34. The molecule has 0 unspecified atom stereocenters. The van der Waals surface area contributed by atoms with Crippen LogP contribution >= 0.6 is 0 Å². The Kier molecular flexibility index (Phi) is 24.8. The highest BCUT2D eigenvalue weighted by Crippen LogP contribution is 1.56. The van der Waals surface area contributed by atoms with Gasteiger partial charge >= 0.3 is 0 Å². The van der Waals surface area contributed by atoms with Crippen molar-refractivity contribution < 1.29 is 0 Å². The molecule has 0 saturated heterocycles. The zero-order valence-corrected chi connectivity index (χ0v) is 5.15. The Labute approximate surface area is 46.6 Å². The summed E-state index contributed by atoms with van der Waals surface area (Å²) in [5.41, 5.74) is 0. The second-order valence-electron chi connectivity index (χ2n) is 0.977. The summed E-state index contributed by atoms with van der Waals surface area (Å²) in [4.78, 5) is 0. The van der Waals surface area contributed by atoms with E-state index >= 15 is 0 Å². The van der Waals surface area contributed by atoms with E-state index in [0.29, 0.717) is 0 Å². The Morgan fingerprint density at radius 2 is 1.43 bits per heavy atom. The van der Waals surface area contributed by atoms with Gasteiger partial charge in [0.25, 0.3) is 0 Å². The Hall–Kier alpha value is -0.520. The van der Waals surface area contributed by atoms with Gasteiger partial charge < -0.3 is 0 Å². The monoisotopic (exact) mass is 97.1 g/mol. The van der Waals surface area contributed by atoms with E-state index < -0.39 is 0 Å². The van der Waals surface area contributed by atoms with Gasteiger partial charge in [0, 0.05) is 0 Å². The molecule has 0 aromatic rings. The van der Waals surface area contributed by atoms with Crippen molar-refractivity contribution in [1.29, 1.82) is 0 Å². The first kappa shape index (κ1) is 9.70. The highest BCUT2D eigenvalue weighted by molar-refractivity contribution is 4.78. The molecule has 0 aliphatic heterocycles. The maximum absolute atomic E-state index is 3.42. The molecule has 0 rings (SSSR count). The molecule has 0 amide bonds. The molecule has 0 aromatic carbocycles. The smallest absolute Gasteiger partial charge is 0.0316 e. The molecule has 0 N–H and O–H groups in total. The van der Waals surface area contributed by atoms with Gasteiger partial charge in [-0.3, -0.25) is 0 Å². The molecule has 0 saturated carbocycles. The van der Waals surface area contributed by atoms with Crippen LogP contribution in [0.4, 0.5) is 0 Å². The van der Waals surface area contributed by atoms with Crippen molar-refractivity contribution in [2.24, 2.45) is 0 Å². The molecule has 1 radical (unpaired) electrons. The lowest BCUT2D eigenvalue weighted by Crippen LogP contribution is -1.27. The fraction of sp³-hybridized carbons (Fsp3) is 0.286. The molecule has 0 atom stereocenters. The van der Waals surface area contributed by atoms with E-state index in [1.54, 1.807) is 12.2 Å². The van der Waals surface area contributed by atoms with E-state index in [4.69, 9.17) is 0 Å². The predicted molar refractivity (Wildman–Crippen MR) is 36.0 cm³/mol. The second-order valence-corrected chi connectivity index (χ2v) is 0.977. The van der Waals surface area contributed by atoms with Gasteiger partial charge in [-0.1, -0.05) is 18.2 Å². The molecule has 41 valence electrons. The lowest BCUT2D eigenvalue weighted by Gasteiger charge is -1.49. The van der Waals surface area contributed by atoms with Crippen molar-refractivity contribution in [2.75, 3.05) is 0 Å². The van der Waals surface area contributed by atoms with Gasteiger partial charge in [-0.25, -0.2) is 0 Å². The van der Waals surface area contributed by atoms with E-state index in [1.165, 1.54) is 0 Å².